The second kappa shape index (κ2) is 4.35. The molecule has 0 spiro atoms. The number of anilines is 1. The summed E-state index contributed by atoms with van der Waals surface area (Å²) in [6.07, 6.45) is 2.16. The van der Waals surface area contributed by atoms with E-state index < -0.39 is 0 Å². The maximum Gasteiger partial charge on any atom is 0.232 e. The number of hydrogen-bond donors (Lipinski definition) is 2. The highest BCUT2D eigenvalue weighted by Gasteiger charge is 2.36. The molecule has 6 heteroatoms. The summed E-state index contributed by atoms with van der Waals surface area (Å²) in [5, 5.41) is 6.24. The van der Waals surface area contributed by atoms with E-state index in [1.807, 2.05) is 6.92 Å². The van der Waals surface area contributed by atoms with Crippen molar-refractivity contribution in [3.8, 4) is 0 Å². The maximum absolute atomic E-state index is 12.0. The lowest BCUT2D eigenvalue weighted by molar-refractivity contribution is -0.123. The van der Waals surface area contributed by atoms with Gasteiger partial charge in [0.1, 0.15) is 17.3 Å². The zero-order valence-electron chi connectivity index (χ0n) is 8.96. The Hall–Kier alpha value is -1.20. The van der Waals surface area contributed by atoms with Crippen molar-refractivity contribution in [3.05, 3.63) is 17.5 Å². The van der Waals surface area contributed by atoms with Crippen molar-refractivity contribution in [2.75, 3.05) is 18.4 Å². The van der Waals surface area contributed by atoms with Crippen LogP contribution < -0.4 is 10.6 Å². The first-order chi connectivity index (χ1) is 7.60. The molecular weight excluding hydrogens is 228 g/mol. The second-order valence-electron chi connectivity index (χ2n) is 4.17. The van der Waals surface area contributed by atoms with E-state index >= 15 is 0 Å². The van der Waals surface area contributed by atoms with Gasteiger partial charge in [-0.25, -0.2) is 9.97 Å². The largest absolute Gasteiger partial charge is 0.316 e. The van der Waals surface area contributed by atoms with E-state index in [0.717, 1.165) is 13.0 Å². The van der Waals surface area contributed by atoms with Crippen LogP contribution in [0.4, 0.5) is 5.82 Å². The van der Waals surface area contributed by atoms with Crippen LogP contribution in [0, 0.1) is 5.41 Å². The average Bonchev–Trinajstić information content (AvgIpc) is 2.66. The summed E-state index contributed by atoms with van der Waals surface area (Å²) in [5.41, 5.74) is -0.364. The van der Waals surface area contributed by atoms with E-state index in [-0.39, 0.29) is 11.3 Å². The third kappa shape index (κ3) is 2.31. The monoisotopic (exact) mass is 240 g/mol. The van der Waals surface area contributed by atoms with E-state index in [4.69, 9.17) is 11.6 Å². The van der Waals surface area contributed by atoms with Gasteiger partial charge >= 0.3 is 0 Å². The van der Waals surface area contributed by atoms with Crippen molar-refractivity contribution in [2.24, 2.45) is 5.41 Å². The average molecular weight is 241 g/mol. The summed E-state index contributed by atoms with van der Waals surface area (Å²) >= 11 is 5.71. The SMILES string of the molecule is CC1(C(=O)Nc2cc(Cl)ncn2)CCNC1. The first kappa shape index (κ1) is 11.3. The number of rotatable bonds is 2. The molecule has 16 heavy (non-hydrogen) atoms. The molecule has 0 aliphatic carbocycles. The molecule has 2 N–H and O–H groups in total. The molecule has 1 aliphatic rings. The lowest BCUT2D eigenvalue weighted by Crippen LogP contribution is -2.35. The van der Waals surface area contributed by atoms with E-state index in [1.54, 1.807) is 0 Å². The van der Waals surface area contributed by atoms with Crippen molar-refractivity contribution >= 4 is 23.3 Å². The maximum atomic E-state index is 12.0. The zero-order valence-corrected chi connectivity index (χ0v) is 9.71. The number of amides is 1. The van der Waals surface area contributed by atoms with Crippen molar-refractivity contribution in [3.63, 3.8) is 0 Å². The summed E-state index contributed by atoms with van der Waals surface area (Å²) in [4.78, 5) is 19.7. The predicted octanol–water partition coefficient (Wildman–Crippen LogP) is 1.07. The second-order valence-corrected chi connectivity index (χ2v) is 4.55. The number of hydrogen-bond acceptors (Lipinski definition) is 4. The van der Waals surface area contributed by atoms with E-state index in [2.05, 4.69) is 20.6 Å². The molecule has 1 aromatic heterocycles. The van der Waals surface area contributed by atoms with Crippen LogP contribution in [0.5, 0.6) is 0 Å². The third-order valence-electron chi connectivity index (χ3n) is 2.79. The molecular formula is C10H13ClN4O. The Labute approximate surface area is 98.6 Å². The topological polar surface area (TPSA) is 66.9 Å². The third-order valence-corrected chi connectivity index (χ3v) is 3.00. The molecule has 0 bridgehead atoms. The van der Waals surface area contributed by atoms with Crippen LogP contribution in [0.25, 0.3) is 0 Å². The highest BCUT2D eigenvalue weighted by Crippen LogP contribution is 2.26. The van der Waals surface area contributed by atoms with Crippen LogP contribution in [0.3, 0.4) is 0 Å². The fourth-order valence-corrected chi connectivity index (χ4v) is 1.83. The minimum atomic E-state index is -0.364. The first-order valence-corrected chi connectivity index (χ1v) is 5.48. The van der Waals surface area contributed by atoms with E-state index in [1.165, 1.54) is 12.4 Å². The Morgan fingerprint density at radius 1 is 1.62 bits per heavy atom. The fraction of sp³-hybridized carbons (Fsp3) is 0.500. The number of halogens is 1. The summed E-state index contributed by atoms with van der Waals surface area (Å²) in [5.74, 6) is 0.408. The Kier molecular flexibility index (Phi) is 3.07. The summed E-state index contributed by atoms with van der Waals surface area (Å²) < 4.78 is 0. The van der Waals surface area contributed by atoms with Gasteiger partial charge in [0.05, 0.1) is 5.41 Å². The van der Waals surface area contributed by atoms with Gasteiger partial charge in [-0.2, -0.15) is 0 Å². The van der Waals surface area contributed by atoms with Gasteiger partial charge in [-0.15, -0.1) is 0 Å². The molecule has 86 valence electrons. The highest BCUT2D eigenvalue weighted by molar-refractivity contribution is 6.29. The van der Waals surface area contributed by atoms with Crippen molar-refractivity contribution < 1.29 is 4.79 Å². The minimum Gasteiger partial charge on any atom is -0.316 e. The normalized spacial score (nSPS) is 24.4. The van der Waals surface area contributed by atoms with Crippen LogP contribution in [0.1, 0.15) is 13.3 Å². The van der Waals surface area contributed by atoms with Gasteiger partial charge in [0.2, 0.25) is 5.91 Å². The van der Waals surface area contributed by atoms with Gasteiger partial charge in [0.25, 0.3) is 0 Å². The van der Waals surface area contributed by atoms with E-state index in [0.29, 0.717) is 17.5 Å². The van der Waals surface area contributed by atoms with Gasteiger partial charge in [0.15, 0.2) is 0 Å². The molecule has 1 atom stereocenters. The molecule has 0 radical (unpaired) electrons. The molecule has 0 aromatic carbocycles. The van der Waals surface area contributed by atoms with Crippen LogP contribution in [0.15, 0.2) is 12.4 Å². The number of nitrogens with zero attached hydrogens (tertiary/aromatic N) is 2. The standard InChI is InChI=1S/C10H13ClN4O/c1-10(2-3-12-5-10)9(16)15-8-4-7(11)13-6-14-8/h4,6,12H,2-3,5H2,1H3,(H,13,14,15,16). The summed E-state index contributed by atoms with van der Waals surface area (Å²) in [6.45, 7) is 3.50. The number of aromatic nitrogens is 2. The van der Waals surface area contributed by atoms with Gasteiger partial charge in [-0.3, -0.25) is 4.79 Å². The number of carbonyl (C=O) groups is 1. The summed E-state index contributed by atoms with van der Waals surface area (Å²) in [6, 6.07) is 1.53. The lowest BCUT2D eigenvalue weighted by Gasteiger charge is -2.20. The molecule has 5 nitrogen and oxygen atoms in total. The Balaban J connectivity index is 2.07. The smallest absolute Gasteiger partial charge is 0.232 e. The molecule has 1 amide bonds. The molecule has 1 fully saturated rings. The van der Waals surface area contributed by atoms with Gasteiger partial charge < -0.3 is 10.6 Å². The van der Waals surface area contributed by atoms with Gasteiger partial charge in [0, 0.05) is 12.6 Å². The molecule has 1 aromatic rings. The van der Waals surface area contributed by atoms with Gasteiger partial charge in [-0.1, -0.05) is 11.6 Å². The van der Waals surface area contributed by atoms with Crippen molar-refractivity contribution in [1.82, 2.24) is 15.3 Å². The molecule has 1 saturated heterocycles. The molecule has 1 unspecified atom stereocenters. The Morgan fingerprint density at radius 3 is 3.06 bits per heavy atom. The zero-order chi connectivity index (χ0) is 11.6. The predicted molar refractivity (Wildman–Crippen MR) is 61.3 cm³/mol. The van der Waals surface area contributed by atoms with Crippen LogP contribution in [-0.2, 0) is 4.79 Å². The van der Waals surface area contributed by atoms with Crippen molar-refractivity contribution in [1.29, 1.82) is 0 Å². The summed E-state index contributed by atoms with van der Waals surface area (Å²) in [7, 11) is 0. The highest BCUT2D eigenvalue weighted by atomic mass is 35.5. The van der Waals surface area contributed by atoms with E-state index in [9.17, 15) is 4.79 Å². The number of nitrogens with one attached hydrogen (secondary N) is 2. The quantitative estimate of drug-likeness (QED) is 0.759. The van der Waals surface area contributed by atoms with Gasteiger partial charge in [-0.05, 0) is 19.9 Å². The first-order valence-electron chi connectivity index (χ1n) is 5.10. The molecule has 1 aliphatic heterocycles. The molecule has 0 saturated carbocycles. The van der Waals surface area contributed by atoms with Crippen LogP contribution in [0.2, 0.25) is 5.15 Å². The van der Waals surface area contributed by atoms with Crippen molar-refractivity contribution in [2.45, 2.75) is 13.3 Å². The molecule has 2 rings (SSSR count). The van der Waals surface area contributed by atoms with Crippen LogP contribution in [-0.4, -0.2) is 29.0 Å². The minimum absolute atomic E-state index is 0.0349. The fourth-order valence-electron chi connectivity index (χ4n) is 1.68. The Morgan fingerprint density at radius 2 is 2.44 bits per heavy atom. The Bertz CT molecular complexity index is 404. The lowest BCUT2D eigenvalue weighted by atomic mass is 9.89. The number of carbonyl (C=O) groups excluding carboxylic acids is 1. The molecule has 2 heterocycles. The van der Waals surface area contributed by atoms with Crippen LogP contribution >= 0.6 is 11.6 Å².